The number of benzene rings is 1. The molecule has 0 N–H and O–H groups in total. The van der Waals surface area contributed by atoms with E-state index >= 15 is 0 Å². The van der Waals surface area contributed by atoms with Crippen molar-refractivity contribution in [2.45, 2.75) is 38.4 Å². The molecule has 0 bridgehead atoms. The van der Waals surface area contributed by atoms with Gasteiger partial charge in [0.1, 0.15) is 11.4 Å². The number of methoxy groups -OCH3 is 1. The van der Waals surface area contributed by atoms with E-state index in [0.717, 1.165) is 6.42 Å². The summed E-state index contributed by atoms with van der Waals surface area (Å²) in [5, 5.41) is 0. The van der Waals surface area contributed by atoms with Crippen molar-refractivity contribution in [1.29, 1.82) is 0 Å². The fourth-order valence-electron chi connectivity index (χ4n) is 3.07. The third kappa shape index (κ3) is 2.73. The quantitative estimate of drug-likeness (QED) is 0.841. The first-order valence-corrected chi connectivity index (χ1v) is 7.58. The highest BCUT2D eigenvalue weighted by Crippen LogP contribution is 2.33. The molecule has 0 spiro atoms. The van der Waals surface area contributed by atoms with Gasteiger partial charge >= 0.3 is 0 Å². The summed E-state index contributed by atoms with van der Waals surface area (Å²) >= 11 is 0. The highest BCUT2D eigenvalue weighted by Gasteiger charge is 2.33. The maximum atomic E-state index is 12.5. The smallest absolute Gasteiger partial charge is 0.253 e. The van der Waals surface area contributed by atoms with E-state index in [1.807, 2.05) is 13.8 Å². The number of hydrogen-bond acceptors (Lipinski definition) is 4. The molecule has 1 fully saturated rings. The number of ketones is 1. The zero-order valence-corrected chi connectivity index (χ0v) is 13.2. The van der Waals surface area contributed by atoms with Crippen molar-refractivity contribution in [1.82, 2.24) is 4.90 Å². The van der Waals surface area contributed by atoms with Gasteiger partial charge in [0, 0.05) is 25.8 Å². The number of rotatable bonds is 2. The molecule has 1 amide bonds. The van der Waals surface area contributed by atoms with E-state index in [4.69, 9.17) is 9.47 Å². The van der Waals surface area contributed by atoms with Crippen molar-refractivity contribution < 1.29 is 19.1 Å². The number of Topliss-reactive ketones (excluding diaryl/α,β-unsaturated/α-hetero) is 1. The first-order valence-electron chi connectivity index (χ1n) is 7.58. The number of carbonyl (C=O) groups excluding carboxylic acids is 2. The summed E-state index contributed by atoms with van der Waals surface area (Å²) in [6.07, 6.45) is 1.28. The molecule has 118 valence electrons. The van der Waals surface area contributed by atoms with Gasteiger partial charge < -0.3 is 14.4 Å². The topological polar surface area (TPSA) is 55.8 Å². The van der Waals surface area contributed by atoms with E-state index in [-0.39, 0.29) is 17.8 Å². The van der Waals surface area contributed by atoms with Crippen molar-refractivity contribution in [2.24, 2.45) is 0 Å². The Labute approximate surface area is 130 Å². The molecule has 2 aliphatic rings. The van der Waals surface area contributed by atoms with Gasteiger partial charge in [-0.2, -0.15) is 0 Å². The molecule has 0 aromatic heterocycles. The van der Waals surface area contributed by atoms with Gasteiger partial charge in [-0.25, -0.2) is 0 Å². The first kappa shape index (κ1) is 15.0. The molecule has 1 aromatic rings. The number of ether oxygens (including phenoxy) is 2. The summed E-state index contributed by atoms with van der Waals surface area (Å²) in [7, 11) is 1.66. The Bertz CT molecular complexity index is 623. The second-order valence-electron chi connectivity index (χ2n) is 6.57. The zero-order chi connectivity index (χ0) is 15.9. The number of fused-ring (bicyclic) bond motifs is 1. The van der Waals surface area contributed by atoms with Crippen molar-refractivity contribution in [3.63, 3.8) is 0 Å². The molecule has 5 heteroatoms. The normalized spacial score (nSPS) is 23.1. The Balaban J connectivity index is 1.84. The average Bonchev–Trinajstić information content (AvgIpc) is 2.94. The van der Waals surface area contributed by atoms with Gasteiger partial charge in [-0.15, -0.1) is 0 Å². The van der Waals surface area contributed by atoms with Crippen LogP contribution in [0.4, 0.5) is 0 Å². The molecule has 3 rings (SSSR count). The van der Waals surface area contributed by atoms with Crippen LogP contribution in [-0.4, -0.2) is 48.5 Å². The van der Waals surface area contributed by atoms with Crippen LogP contribution < -0.4 is 4.74 Å². The summed E-state index contributed by atoms with van der Waals surface area (Å²) in [6.45, 7) is 5.07. The highest BCUT2D eigenvalue weighted by molar-refractivity contribution is 6.03. The molecule has 2 aliphatic heterocycles. The molecule has 22 heavy (non-hydrogen) atoms. The van der Waals surface area contributed by atoms with Crippen molar-refractivity contribution in [2.75, 3.05) is 20.2 Å². The van der Waals surface area contributed by atoms with Gasteiger partial charge in [-0.3, -0.25) is 9.59 Å². The second-order valence-corrected chi connectivity index (χ2v) is 6.57. The molecule has 0 saturated carbocycles. The molecule has 1 atom stereocenters. The average molecular weight is 303 g/mol. The summed E-state index contributed by atoms with van der Waals surface area (Å²) in [6, 6.07) is 5.12. The van der Waals surface area contributed by atoms with Gasteiger partial charge in [-0.05, 0) is 38.5 Å². The SMILES string of the molecule is COC1CCN(C(=O)c2ccc3c(c2)C(=O)CC(C)(C)O3)C1. The molecule has 0 radical (unpaired) electrons. The molecule has 5 nitrogen and oxygen atoms in total. The van der Waals surface area contributed by atoms with Gasteiger partial charge in [0.2, 0.25) is 0 Å². The van der Waals surface area contributed by atoms with E-state index in [1.165, 1.54) is 0 Å². The van der Waals surface area contributed by atoms with E-state index < -0.39 is 5.60 Å². The molecule has 1 unspecified atom stereocenters. The Morgan fingerprint density at radius 1 is 1.41 bits per heavy atom. The number of carbonyl (C=O) groups is 2. The number of likely N-dealkylation sites (tertiary alicyclic amines) is 1. The van der Waals surface area contributed by atoms with E-state index in [9.17, 15) is 9.59 Å². The van der Waals surface area contributed by atoms with Crippen LogP contribution in [-0.2, 0) is 4.74 Å². The third-order valence-electron chi connectivity index (χ3n) is 4.27. The Morgan fingerprint density at radius 3 is 2.86 bits per heavy atom. The van der Waals surface area contributed by atoms with Gasteiger partial charge in [0.25, 0.3) is 5.91 Å². The van der Waals surface area contributed by atoms with Gasteiger partial charge in [-0.1, -0.05) is 0 Å². The van der Waals surface area contributed by atoms with E-state index in [1.54, 1.807) is 30.2 Å². The molecular weight excluding hydrogens is 282 g/mol. The lowest BCUT2D eigenvalue weighted by molar-refractivity contribution is 0.0619. The molecule has 0 aliphatic carbocycles. The predicted octanol–water partition coefficient (Wildman–Crippen LogP) is 2.29. The maximum absolute atomic E-state index is 12.5. The summed E-state index contributed by atoms with van der Waals surface area (Å²) in [5.74, 6) is 0.533. The Hall–Kier alpha value is -1.88. The number of nitrogens with zero attached hydrogens (tertiary/aromatic N) is 1. The summed E-state index contributed by atoms with van der Waals surface area (Å²) in [5.41, 5.74) is 0.552. The monoisotopic (exact) mass is 303 g/mol. The largest absolute Gasteiger partial charge is 0.487 e. The van der Waals surface area contributed by atoms with Gasteiger partial charge in [0.15, 0.2) is 5.78 Å². The lowest BCUT2D eigenvalue weighted by Crippen LogP contribution is -2.36. The number of amides is 1. The third-order valence-corrected chi connectivity index (χ3v) is 4.27. The maximum Gasteiger partial charge on any atom is 0.253 e. The second kappa shape index (κ2) is 5.39. The van der Waals surface area contributed by atoms with Crippen LogP contribution in [0.3, 0.4) is 0 Å². The first-order chi connectivity index (χ1) is 10.4. The van der Waals surface area contributed by atoms with Crippen LogP contribution in [0.15, 0.2) is 18.2 Å². The molecule has 1 aromatic carbocycles. The minimum Gasteiger partial charge on any atom is -0.487 e. The fraction of sp³-hybridized carbons (Fsp3) is 0.529. The van der Waals surface area contributed by atoms with Crippen LogP contribution in [0.25, 0.3) is 0 Å². The zero-order valence-electron chi connectivity index (χ0n) is 13.2. The lowest BCUT2D eigenvalue weighted by Gasteiger charge is -2.31. The fourth-order valence-corrected chi connectivity index (χ4v) is 3.07. The Kier molecular flexibility index (Phi) is 3.68. The van der Waals surface area contributed by atoms with Crippen molar-refractivity contribution in [3.05, 3.63) is 29.3 Å². The molecule has 1 saturated heterocycles. The minimum absolute atomic E-state index is 0.0251. The van der Waals surface area contributed by atoms with E-state index in [2.05, 4.69) is 0 Å². The molecule has 2 heterocycles. The predicted molar refractivity (Wildman–Crippen MR) is 81.4 cm³/mol. The summed E-state index contributed by atoms with van der Waals surface area (Å²) < 4.78 is 11.1. The van der Waals surface area contributed by atoms with E-state index in [0.29, 0.717) is 36.4 Å². The minimum atomic E-state index is -0.490. The Morgan fingerprint density at radius 2 is 2.18 bits per heavy atom. The standard InChI is InChI=1S/C17H21NO4/c1-17(2)9-14(19)13-8-11(4-5-15(13)22-17)16(20)18-7-6-12(10-18)21-3/h4-5,8,12H,6-7,9-10H2,1-3H3. The van der Waals surface area contributed by atoms with Crippen molar-refractivity contribution in [3.8, 4) is 5.75 Å². The lowest BCUT2D eigenvalue weighted by atomic mass is 9.92. The number of hydrogen-bond donors (Lipinski definition) is 0. The van der Waals surface area contributed by atoms with Gasteiger partial charge in [0.05, 0.1) is 18.1 Å². The molecular formula is C17H21NO4. The van der Waals surface area contributed by atoms with Crippen molar-refractivity contribution >= 4 is 11.7 Å². The van der Waals surface area contributed by atoms with Crippen LogP contribution in [0, 0.1) is 0 Å². The van der Waals surface area contributed by atoms with Crippen LogP contribution in [0.5, 0.6) is 5.75 Å². The highest BCUT2D eigenvalue weighted by atomic mass is 16.5. The van der Waals surface area contributed by atoms with Crippen LogP contribution in [0.2, 0.25) is 0 Å². The van der Waals surface area contributed by atoms with Crippen LogP contribution in [0.1, 0.15) is 47.4 Å². The summed E-state index contributed by atoms with van der Waals surface area (Å²) in [4.78, 5) is 26.6. The van der Waals surface area contributed by atoms with Crippen LogP contribution >= 0.6 is 0 Å².